The van der Waals surface area contributed by atoms with Crippen LogP contribution in [0.4, 0.5) is 4.79 Å². The lowest BCUT2D eigenvalue weighted by atomic mass is 9.97. The molecule has 0 unspecified atom stereocenters. The van der Waals surface area contributed by atoms with Gasteiger partial charge in [0.25, 0.3) is 0 Å². The fourth-order valence-electron chi connectivity index (χ4n) is 4.79. The predicted octanol–water partition coefficient (Wildman–Crippen LogP) is 4.02. The summed E-state index contributed by atoms with van der Waals surface area (Å²) in [5.41, 5.74) is 2.04. The van der Waals surface area contributed by atoms with Crippen LogP contribution >= 0.6 is 0 Å². The standard InChI is InChI=1S/C26H29NO6/c1-4-19-20(27(25(28)30-19)15-17-11-7-5-8-12-17)21-22(29-16-18-13-9-6-10-14-18)23-24(31-21)33-26(2,3)32-23/h4-14,19-24H,1,15-16H2,2-3H3/t19-,20-,21+,22-,23+,24+/m0/s1. The first-order valence-corrected chi connectivity index (χ1v) is 11.3. The molecule has 2 aromatic carbocycles. The molecular weight excluding hydrogens is 422 g/mol. The Kier molecular flexibility index (Phi) is 5.97. The summed E-state index contributed by atoms with van der Waals surface area (Å²) in [5, 5.41) is 0. The molecule has 0 spiro atoms. The van der Waals surface area contributed by atoms with E-state index in [1.54, 1.807) is 11.0 Å². The molecule has 0 N–H and O–H groups in total. The van der Waals surface area contributed by atoms with Gasteiger partial charge in [-0.1, -0.05) is 67.2 Å². The minimum Gasteiger partial charge on any atom is -0.440 e. The van der Waals surface area contributed by atoms with Crippen LogP contribution < -0.4 is 0 Å². The van der Waals surface area contributed by atoms with Crippen molar-refractivity contribution in [2.45, 2.75) is 69.5 Å². The summed E-state index contributed by atoms with van der Waals surface area (Å²) in [7, 11) is 0. The number of benzene rings is 2. The zero-order valence-corrected chi connectivity index (χ0v) is 18.8. The molecule has 5 rings (SSSR count). The third-order valence-corrected chi connectivity index (χ3v) is 6.24. The number of ether oxygens (including phenoxy) is 5. The second kappa shape index (κ2) is 8.91. The molecule has 7 nitrogen and oxygen atoms in total. The van der Waals surface area contributed by atoms with Crippen molar-refractivity contribution >= 4 is 6.09 Å². The van der Waals surface area contributed by atoms with Gasteiger partial charge in [-0.15, -0.1) is 0 Å². The van der Waals surface area contributed by atoms with Crippen molar-refractivity contribution in [3.05, 3.63) is 84.4 Å². The molecular formula is C26H29NO6. The smallest absolute Gasteiger partial charge is 0.411 e. The van der Waals surface area contributed by atoms with Gasteiger partial charge in [0.1, 0.15) is 30.5 Å². The maximum absolute atomic E-state index is 12.8. The molecule has 1 amide bonds. The Hall–Kier alpha value is -2.71. The van der Waals surface area contributed by atoms with E-state index in [0.29, 0.717) is 13.2 Å². The van der Waals surface area contributed by atoms with Crippen LogP contribution in [0.1, 0.15) is 25.0 Å². The first kappa shape index (κ1) is 22.1. The summed E-state index contributed by atoms with van der Waals surface area (Å²) in [6.07, 6.45) is -1.29. The highest BCUT2D eigenvalue weighted by atomic mass is 16.8. The molecule has 174 valence electrons. The van der Waals surface area contributed by atoms with E-state index in [1.165, 1.54) is 0 Å². The minimum atomic E-state index is -0.780. The number of hydrogen-bond acceptors (Lipinski definition) is 6. The Labute approximate surface area is 193 Å². The molecule has 3 saturated heterocycles. The van der Waals surface area contributed by atoms with Gasteiger partial charge in [-0.3, -0.25) is 4.90 Å². The fraction of sp³-hybridized carbons (Fsp3) is 0.423. The largest absolute Gasteiger partial charge is 0.440 e. The monoisotopic (exact) mass is 451 g/mol. The fourth-order valence-corrected chi connectivity index (χ4v) is 4.79. The summed E-state index contributed by atoms with van der Waals surface area (Å²) >= 11 is 0. The predicted molar refractivity (Wildman–Crippen MR) is 120 cm³/mol. The SMILES string of the molecule is C=C[C@@H]1OC(=O)N(Cc2ccccc2)[C@@H]1[C@H]1O[C@@H]2OC(C)(C)O[C@@H]2[C@H]1OCc1ccccc1. The Bertz CT molecular complexity index is 981. The number of nitrogens with zero attached hydrogens (tertiary/aromatic N) is 1. The first-order chi connectivity index (χ1) is 15.9. The molecule has 0 saturated carbocycles. The van der Waals surface area contributed by atoms with Crippen molar-refractivity contribution in [1.29, 1.82) is 0 Å². The number of carbonyl (C=O) groups is 1. The number of fused-ring (bicyclic) bond motifs is 1. The topological polar surface area (TPSA) is 66.5 Å². The summed E-state index contributed by atoms with van der Waals surface area (Å²) in [4.78, 5) is 14.5. The van der Waals surface area contributed by atoms with Crippen molar-refractivity contribution < 1.29 is 28.5 Å². The number of rotatable bonds is 7. The van der Waals surface area contributed by atoms with Crippen LogP contribution in [0.3, 0.4) is 0 Å². The van der Waals surface area contributed by atoms with Gasteiger partial charge in [-0.2, -0.15) is 0 Å². The molecule has 0 bridgehead atoms. The molecule has 3 aliphatic heterocycles. The average Bonchev–Trinajstić information content (AvgIpc) is 3.40. The highest BCUT2D eigenvalue weighted by molar-refractivity contribution is 5.71. The third kappa shape index (κ3) is 4.42. The summed E-state index contributed by atoms with van der Waals surface area (Å²) in [6.45, 7) is 8.38. The molecule has 0 aromatic heterocycles. The molecule has 3 aliphatic rings. The number of hydrogen-bond donors (Lipinski definition) is 0. The highest BCUT2D eigenvalue weighted by Gasteiger charge is 2.61. The average molecular weight is 452 g/mol. The molecule has 2 aromatic rings. The minimum absolute atomic E-state index is 0.386. The van der Waals surface area contributed by atoms with Crippen LogP contribution in [-0.2, 0) is 36.8 Å². The summed E-state index contributed by atoms with van der Waals surface area (Å²) < 4.78 is 30.6. The van der Waals surface area contributed by atoms with Gasteiger partial charge in [0.05, 0.1) is 6.61 Å². The van der Waals surface area contributed by atoms with Crippen LogP contribution in [0.5, 0.6) is 0 Å². The van der Waals surface area contributed by atoms with Gasteiger partial charge in [0.15, 0.2) is 12.1 Å². The van der Waals surface area contributed by atoms with E-state index in [4.69, 9.17) is 23.7 Å². The second-order valence-corrected chi connectivity index (χ2v) is 9.02. The van der Waals surface area contributed by atoms with Gasteiger partial charge in [-0.25, -0.2) is 4.79 Å². The Balaban J connectivity index is 1.43. The van der Waals surface area contributed by atoms with Gasteiger partial charge >= 0.3 is 6.09 Å². The lowest BCUT2D eigenvalue weighted by Crippen LogP contribution is -2.51. The van der Waals surface area contributed by atoms with Crippen molar-refractivity contribution in [2.24, 2.45) is 0 Å². The zero-order valence-electron chi connectivity index (χ0n) is 18.8. The van der Waals surface area contributed by atoms with Crippen LogP contribution in [0.15, 0.2) is 73.3 Å². The molecule has 6 atom stereocenters. The maximum Gasteiger partial charge on any atom is 0.411 e. The first-order valence-electron chi connectivity index (χ1n) is 11.3. The van der Waals surface area contributed by atoms with E-state index in [2.05, 4.69) is 6.58 Å². The summed E-state index contributed by atoms with van der Waals surface area (Å²) in [5.74, 6) is -0.780. The van der Waals surface area contributed by atoms with Gasteiger partial charge in [-0.05, 0) is 31.1 Å². The third-order valence-electron chi connectivity index (χ3n) is 6.24. The van der Waals surface area contributed by atoms with E-state index in [9.17, 15) is 4.79 Å². The lowest BCUT2D eigenvalue weighted by Gasteiger charge is -2.33. The Morgan fingerprint density at radius 3 is 2.33 bits per heavy atom. The van der Waals surface area contributed by atoms with Crippen molar-refractivity contribution in [2.75, 3.05) is 0 Å². The van der Waals surface area contributed by atoms with Crippen LogP contribution in [0, 0.1) is 0 Å². The number of cyclic esters (lactones) is 1. The van der Waals surface area contributed by atoms with Gasteiger partial charge in [0, 0.05) is 6.54 Å². The molecule has 33 heavy (non-hydrogen) atoms. The highest BCUT2D eigenvalue weighted by Crippen LogP contribution is 2.43. The zero-order chi connectivity index (χ0) is 23.0. The van der Waals surface area contributed by atoms with E-state index >= 15 is 0 Å². The molecule has 0 radical (unpaired) electrons. The lowest BCUT2D eigenvalue weighted by molar-refractivity contribution is -0.225. The molecule has 0 aliphatic carbocycles. The van der Waals surface area contributed by atoms with E-state index < -0.39 is 48.6 Å². The number of carbonyl (C=O) groups excluding carboxylic acids is 1. The Morgan fingerprint density at radius 1 is 1.00 bits per heavy atom. The van der Waals surface area contributed by atoms with E-state index in [-0.39, 0.29) is 0 Å². The molecule has 3 fully saturated rings. The normalized spacial score (nSPS) is 32.5. The van der Waals surface area contributed by atoms with Crippen LogP contribution in [-0.4, -0.2) is 53.5 Å². The van der Waals surface area contributed by atoms with Crippen molar-refractivity contribution in [3.63, 3.8) is 0 Å². The molecule has 7 heteroatoms. The van der Waals surface area contributed by atoms with Gasteiger partial charge in [0.2, 0.25) is 0 Å². The maximum atomic E-state index is 12.8. The summed E-state index contributed by atoms with van der Waals surface area (Å²) in [6, 6.07) is 19.3. The van der Waals surface area contributed by atoms with Gasteiger partial charge < -0.3 is 23.7 Å². The number of amides is 1. The van der Waals surface area contributed by atoms with Crippen LogP contribution in [0.25, 0.3) is 0 Å². The second-order valence-electron chi connectivity index (χ2n) is 9.02. The Morgan fingerprint density at radius 2 is 1.67 bits per heavy atom. The van der Waals surface area contributed by atoms with E-state index in [0.717, 1.165) is 11.1 Å². The van der Waals surface area contributed by atoms with Crippen molar-refractivity contribution in [3.8, 4) is 0 Å². The van der Waals surface area contributed by atoms with E-state index in [1.807, 2.05) is 74.5 Å². The van der Waals surface area contributed by atoms with Crippen molar-refractivity contribution in [1.82, 2.24) is 4.90 Å². The molecule has 3 heterocycles. The quantitative estimate of drug-likeness (QED) is 0.593. The van der Waals surface area contributed by atoms with Crippen LogP contribution in [0.2, 0.25) is 0 Å².